The van der Waals surface area contributed by atoms with Crippen LogP contribution in [-0.4, -0.2) is 18.0 Å². The smallest absolute Gasteiger partial charge is 0.160 e. The Hall–Kier alpha value is -1.77. The number of ketones is 1. The number of carbonyl (C=O) groups excluding carboxylic acids is 1. The summed E-state index contributed by atoms with van der Waals surface area (Å²) in [7, 11) is 1.52. The minimum Gasteiger partial charge on any atom is -0.504 e. The Morgan fingerprint density at radius 1 is 1.17 bits per heavy atom. The van der Waals surface area contributed by atoms with Gasteiger partial charge in [0, 0.05) is 6.42 Å². The number of aryl methyl sites for hydroxylation is 1. The molecule has 0 atom stereocenters. The highest BCUT2D eigenvalue weighted by molar-refractivity contribution is 5.89. The van der Waals surface area contributed by atoms with Crippen molar-refractivity contribution in [3.63, 3.8) is 0 Å². The largest absolute Gasteiger partial charge is 0.504 e. The summed E-state index contributed by atoms with van der Waals surface area (Å²) < 4.78 is 5.07. The van der Waals surface area contributed by atoms with Gasteiger partial charge in [-0.2, -0.15) is 0 Å². The molecule has 0 aromatic heterocycles. The van der Waals surface area contributed by atoms with Crippen molar-refractivity contribution in [2.24, 2.45) is 0 Å². The minimum atomic E-state index is 0.126. The average molecular weight is 318 g/mol. The van der Waals surface area contributed by atoms with Gasteiger partial charge in [-0.05, 0) is 43.0 Å². The van der Waals surface area contributed by atoms with Gasteiger partial charge in [0.2, 0.25) is 0 Å². The van der Waals surface area contributed by atoms with Crippen LogP contribution in [0.1, 0.15) is 63.9 Å². The fourth-order valence-electron chi connectivity index (χ4n) is 2.49. The molecule has 23 heavy (non-hydrogen) atoms. The Bertz CT molecular complexity index is 492. The molecule has 0 aliphatic heterocycles. The summed E-state index contributed by atoms with van der Waals surface area (Å²) in [6.07, 6.45) is 13.5. The number of carbonyl (C=O) groups is 1. The number of hydrogen-bond donors (Lipinski definition) is 1. The molecule has 1 aromatic carbocycles. The number of aromatic hydroxyl groups is 1. The quantitative estimate of drug-likeness (QED) is 0.425. The molecule has 0 saturated carbocycles. The number of allylic oxidation sites excluding steroid dienone is 2. The van der Waals surface area contributed by atoms with Gasteiger partial charge < -0.3 is 9.84 Å². The van der Waals surface area contributed by atoms with Gasteiger partial charge in [-0.1, -0.05) is 51.2 Å². The van der Waals surface area contributed by atoms with Crippen LogP contribution in [0.5, 0.6) is 11.5 Å². The molecule has 1 rings (SSSR count). The van der Waals surface area contributed by atoms with E-state index in [2.05, 4.69) is 6.92 Å². The number of benzene rings is 1. The maximum Gasteiger partial charge on any atom is 0.160 e. The van der Waals surface area contributed by atoms with Crippen molar-refractivity contribution < 1.29 is 14.6 Å². The summed E-state index contributed by atoms with van der Waals surface area (Å²) in [4.78, 5) is 11.8. The van der Waals surface area contributed by atoms with Gasteiger partial charge in [0.15, 0.2) is 17.3 Å². The number of ether oxygens (including phenoxy) is 1. The van der Waals surface area contributed by atoms with Gasteiger partial charge in [-0.25, -0.2) is 0 Å². The van der Waals surface area contributed by atoms with E-state index in [1.54, 1.807) is 18.2 Å². The van der Waals surface area contributed by atoms with Crippen LogP contribution in [0.3, 0.4) is 0 Å². The summed E-state index contributed by atoms with van der Waals surface area (Å²) in [6.45, 7) is 2.22. The third-order valence-corrected chi connectivity index (χ3v) is 3.93. The Kier molecular flexibility index (Phi) is 9.85. The first-order valence-corrected chi connectivity index (χ1v) is 8.72. The van der Waals surface area contributed by atoms with Crippen molar-refractivity contribution in [2.45, 2.75) is 64.7 Å². The highest BCUT2D eigenvalue weighted by atomic mass is 16.5. The zero-order valence-corrected chi connectivity index (χ0v) is 14.5. The summed E-state index contributed by atoms with van der Waals surface area (Å²) >= 11 is 0. The molecule has 3 heteroatoms. The molecule has 0 spiro atoms. The van der Waals surface area contributed by atoms with E-state index >= 15 is 0 Å². The van der Waals surface area contributed by atoms with Crippen molar-refractivity contribution >= 4 is 5.78 Å². The topological polar surface area (TPSA) is 46.5 Å². The van der Waals surface area contributed by atoms with Gasteiger partial charge in [0.1, 0.15) is 0 Å². The average Bonchev–Trinajstić information content (AvgIpc) is 2.56. The van der Waals surface area contributed by atoms with Gasteiger partial charge in [0.05, 0.1) is 7.11 Å². The van der Waals surface area contributed by atoms with Crippen LogP contribution in [0.25, 0.3) is 0 Å². The van der Waals surface area contributed by atoms with Gasteiger partial charge >= 0.3 is 0 Å². The summed E-state index contributed by atoms with van der Waals surface area (Å²) in [6, 6.07) is 5.21. The SMILES string of the molecule is CCCCCCCC/C=C/C(=O)CCc1ccc(O)c(OC)c1. The third-order valence-electron chi connectivity index (χ3n) is 3.93. The van der Waals surface area contributed by atoms with E-state index in [9.17, 15) is 9.90 Å². The second-order valence-corrected chi connectivity index (χ2v) is 5.93. The monoisotopic (exact) mass is 318 g/mol. The predicted octanol–water partition coefficient (Wildman–Crippen LogP) is 5.21. The van der Waals surface area contributed by atoms with Crippen molar-refractivity contribution in [3.8, 4) is 11.5 Å². The zero-order valence-electron chi connectivity index (χ0n) is 14.5. The molecule has 0 unspecified atom stereocenters. The molecule has 0 aliphatic rings. The molecule has 3 nitrogen and oxygen atoms in total. The molecule has 128 valence electrons. The van der Waals surface area contributed by atoms with Crippen molar-refractivity contribution in [2.75, 3.05) is 7.11 Å². The normalized spacial score (nSPS) is 11.0. The molecule has 1 N–H and O–H groups in total. The second kappa shape index (κ2) is 11.8. The van der Waals surface area contributed by atoms with Crippen LogP contribution in [0.4, 0.5) is 0 Å². The highest BCUT2D eigenvalue weighted by Crippen LogP contribution is 2.26. The number of hydrogen-bond acceptors (Lipinski definition) is 3. The van der Waals surface area contributed by atoms with Gasteiger partial charge in [0.25, 0.3) is 0 Å². The number of unbranched alkanes of at least 4 members (excludes halogenated alkanes) is 6. The van der Waals surface area contributed by atoms with Crippen molar-refractivity contribution in [1.29, 1.82) is 0 Å². The number of methoxy groups -OCH3 is 1. The van der Waals surface area contributed by atoms with Crippen LogP contribution in [-0.2, 0) is 11.2 Å². The molecule has 0 fully saturated rings. The van der Waals surface area contributed by atoms with E-state index < -0.39 is 0 Å². The zero-order chi connectivity index (χ0) is 16.9. The number of rotatable bonds is 12. The molecular formula is C20H30O3. The maximum absolute atomic E-state index is 11.8. The maximum atomic E-state index is 11.8. The lowest BCUT2D eigenvalue weighted by molar-refractivity contribution is -0.114. The Morgan fingerprint density at radius 2 is 1.91 bits per heavy atom. The first-order chi connectivity index (χ1) is 11.2. The van der Waals surface area contributed by atoms with Crippen LogP contribution in [0.2, 0.25) is 0 Å². The van der Waals surface area contributed by atoms with Gasteiger partial charge in [-0.15, -0.1) is 0 Å². The first-order valence-electron chi connectivity index (χ1n) is 8.72. The third kappa shape index (κ3) is 8.44. The molecule has 0 saturated heterocycles. The van der Waals surface area contributed by atoms with E-state index in [4.69, 9.17) is 4.74 Å². The molecule has 1 aromatic rings. The van der Waals surface area contributed by atoms with E-state index in [-0.39, 0.29) is 11.5 Å². The second-order valence-electron chi connectivity index (χ2n) is 5.93. The summed E-state index contributed by atoms with van der Waals surface area (Å²) in [5.41, 5.74) is 0.998. The lowest BCUT2D eigenvalue weighted by Gasteiger charge is -2.05. The molecule has 0 amide bonds. The van der Waals surface area contributed by atoms with Gasteiger partial charge in [-0.3, -0.25) is 4.79 Å². The first kappa shape index (κ1) is 19.3. The van der Waals surface area contributed by atoms with E-state index in [1.165, 1.54) is 45.6 Å². The molecular weight excluding hydrogens is 288 g/mol. The molecule has 0 radical (unpaired) electrons. The Balaban J connectivity index is 2.20. The predicted molar refractivity (Wildman–Crippen MR) is 95.1 cm³/mol. The van der Waals surface area contributed by atoms with E-state index in [0.29, 0.717) is 18.6 Å². The molecule has 0 bridgehead atoms. The van der Waals surface area contributed by atoms with Crippen molar-refractivity contribution in [1.82, 2.24) is 0 Å². The molecule has 0 heterocycles. The van der Waals surface area contributed by atoms with Crippen molar-refractivity contribution in [3.05, 3.63) is 35.9 Å². The standard InChI is InChI=1S/C20H30O3/c1-3-4-5-6-7-8-9-10-11-18(21)14-12-17-13-15-19(22)20(16-17)23-2/h10-11,13,15-16,22H,3-9,12,14H2,1-2H3/b11-10+. The number of phenolic OH excluding ortho intramolecular Hbond substituents is 1. The van der Waals surface area contributed by atoms with Crippen LogP contribution < -0.4 is 4.74 Å². The fourth-order valence-corrected chi connectivity index (χ4v) is 2.49. The minimum absolute atomic E-state index is 0.126. The molecule has 0 aliphatic carbocycles. The summed E-state index contributed by atoms with van der Waals surface area (Å²) in [5, 5.41) is 9.54. The van der Waals surface area contributed by atoms with E-state index in [1.807, 2.05) is 12.1 Å². The fraction of sp³-hybridized carbons (Fsp3) is 0.550. The van der Waals surface area contributed by atoms with Crippen LogP contribution >= 0.6 is 0 Å². The number of phenols is 1. The highest BCUT2D eigenvalue weighted by Gasteiger charge is 2.04. The lowest BCUT2D eigenvalue weighted by atomic mass is 10.1. The van der Waals surface area contributed by atoms with Crippen LogP contribution in [0.15, 0.2) is 30.4 Å². The summed E-state index contributed by atoms with van der Waals surface area (Å²) in [5.74, 6) is 0.734. The lowest BCUT2D eigenvalue weighted by Crippen LogP contribution is -1.96. The van der Waals surface area contributed by atoms with E-state index in [0.717, 1.165) is 12.0 Å². The van der Waals surface area contributed by atoms with Crippen LogP contribution in [0, 0.1) is 0 Å². The Labute approximate surface area is 140 Å². The Morgan fingerprint density at radius 3 is 2.65 bits per heavy atom.